The van der Waals surface area contributed by atoms with Crippen molar-refractivity contribution in [1.82, 2.24) is 0 Å². The lowest BCUT2D eigenvalue weighted by Gasteiger charge is -2.10. The van der Waals surface area contributed by atoms with Crippen LogP contribution in [0.5, 0.6) is 0 Å². The quantitative estimate of drug-likeness (QED) is 0.461. The van der Waals surface area contributed by atoms with Crippen molar-refractivity contribution in [1.29, 1.82) is 5.26 Å². The van der Waals surface area contributed by atoms with E-state index in [4.69, 9.17) is 0 Å². The van der Waals surface area contributed by atoms with E-state index in [9.17, 15) is 14.4 Å². The molecule has 0 saturated carbocycles. The van der Waals surface area contributed by atoms with Crippen LogP contribution in [0.3, 0.4) is 0 Å². The monoisotopic (exact) mass is 384 g/mol. The summed E-state index contributed by atoms with van der Waals surface area (Å²) in [6, 6.07) is 21.7. The maximum atomic E-state index is 14.0. The summed E-state index contributed by atoms with van der Waals surface area (Å²) in [5.74, 6) is -0.749. The molecule has 29 heavy (non-hydrogen) atoms. The first-order valence-corrected chi connectivity index (χ1v) is 9.29. The smallest absolute Gasteiger partial charge is 0.266 e. The molecule has 144 valence electrons. The standard InChI is InChI=1S/C25H21FN2O/c1-17-11-12-18(2)24(13-17)28-25(29)22(16-27)15-20-8-4-3-7-19(20)14-21-9-5-6-10-23(21)26/h3-13,15H,14H2,1-2H3,(H,28,29)/b22-15+. The summed E-state index contributed by atoms with van der Waals surface area (Å²) in [4.78, 5) is 12.7. The molecule has 0 fully saturated rings. The van der Waals surface area contributed by atoms with E-state index in [0.717, 1.165) is 16.7 Å². The molecule has 0 heterocycles. The van der Waals surface area contributed by atoms with Gasteiger partial charge in [0.2, 0.25) is 0 Å². The molecule has 0 aliphatic heterocycles. The Labute approximate surface area is 170 Å². The van der Waals surface area contributed by atoms with Crippen molar-refractivity contribution in [2.45, 2.75) is 20.3 Å². The molecular weight excluding hydrogens is 363 g/mol. The topological polar surface area (TPSA) is 52.9 Å². The van der Waals surface area contributed by atoms with Gasteiger partial charge in [0.25, 0.3) is 5.91 Å². The van der Waals surface area contributed by atoms with E-state index in [2.05, 4.69) is 5.32 Å². The highest BCUT2D eigenvalue weighted by Crippen LogP contribution is 2.21. The Kier molecular flexibility index (Phi) is 6.21. The predicted octanol–water partition coefficient (Wildman–Crippen LogP) is 5.58. The van der Waals surface area contributed by atoms with Gasteiger partial charge >= 0.3 is 0 Å². The van der Waals surface area contributed by atoms with Crippen LogP contribution in [0, 0.1) is 31.0 Å². The molecule has 1 amide bonds. The number of rotatable bonds is 5. The fourth-order valence-electron chi connectivity index (χ4n) is 3.05. The van der Waals surface area contributed by atoms with E-state index >= 15 is 0 Å². The van der Waals surface area contributed by atoms with Crippen molar-refractivity contribution in [2.24, 2.45) is 0 Å². The number of anilines is 1. The van der Waals surface area contributed by atoms with Gasteiger partial charge in [-0.05, 0) is 59.9 Å². The lowest BCUT2D eigenvalue weighted by atomic mass is 9.98. The summed E-state index contributed by atoms with van der Waals surface area (Å²) in [5, 5.41) is 12.4. The second-order valence-electron chi connectivity index (χ2n) is 6.91. The molecule has 0 aromatic heterocycles. The first kappa shape index (κ1) is 20.0. The lowest BCUT2D eigenvalue weighted by molar-refractivity contribution is -0.112. The first-order valence-electron chi connectivity index (χ1n) is 9.29. The number of benzene rings is 3. The lowest BCUT2D eigenvalue weighted by Crippen LogP contribution is -2.14. The Morgan fingerprint density at radius 3 is 2.45 bits per heavy atom. The number of hydrogen-bond donors (Lipinski definition) is 1. The third-order valence-electron chi connectivity index (χ3n) is 4.70. The minimum atomic E-state index is -0.470. The minimum Gasteiger partial charge on any atom is -0.321 e. The zero-order valence-electron chi connectivity index (χ0n) is 16.4. The summed E-state index contributed by atoms with van der Waals surface area (Å²) in [5.41, 5.74) is 4.72. The van der Waals surface area contributed by atoms with Gasteiger partial charge in [0, 0.05) is 12.1 Å². The van der Waals surface area contributed by atoms with Gasteiger partial charge in [-0.2, -0.15) is 5.26 Å². The first-order chi connectivity index (χ1) is 14.0. The van der Waals surface area contributed by atoms with Crippen LogP contribution in [0.1, 0.15) is 27.8 Å². The Bertz CT molecular complexity index is 1130. The third-order valence-corrected chi connectivity index (χ3v) is 4.70. The van der Waals surface area contributed by atoms with Crippen molar-refractivity contribution in [3.8, 4) is 6.07 Å². The maximum Gasteiger partial charge on any atom is 0.266 e. The van der Waals surface area contributed by atoms with Crippen LogP contribution in [0.4, 0.5) is 10.1 Å². The van der Waals surface area contributed by atoms with Crippen LogP contribution >= 0.6 is 0 Å². The summed E-state index contributed by atoms with van der Waals surface area (Å²) >= 11 is 0. The average Bonchev–Trinajstić information content (AvgIpc) is 2.71. The van der Waals surface area contributed by atoms with Crippen molar-refractivity contribution < 1.29 is 9.18 Å². The zero-order valence-corrected chi connectivity index (χ0v) is 16.4. The second-order valence-corrected chi connectivity index (χ2v) is 6.91. The molecule has 3 nitrogen and oxygen atoms in total. The number of halogens is 1. The van der Waals surface area contributed by atoms with Crippen LogP contribution < -0.4 is 5.32 Å². The van der Waals surface area contributed by atoms with Gasteiger partial charge in [0.1, 0.15) is 17.5 Å². The van der Waals surface area contributed by atoms with Crippen LogP contribution in [-0.4, -0.2) is 5.91 Å². The number of amides is 1. The highest BCUT2D eigenvalue weighted by molar-refractivity contribution is 6.10. The normalized spacial score (nSPS) is 11.0. The zero-order chi connectivity index (χ0) is 20.8. The number of hydrogen-bond acceptors (Lipinski definition) is 2. The molecule has 0 radical (unpaired) electrons. The molecule has 0 aliphatic carbocycles. The molecule has 1 N–H and O–H groups in total. The fourth-order valence-corrected chi connectivity index (χ4v) is 3.05. The van der Waals surface area contributed by atoms with Gasteiger partial charge in [-0.15, -0.1) is 0 Å². The Morgan fingerprint density at radius 2 is 1.72 bits per heavy atom. The van der Waals surface area contributed by atoms with Gasteiger partial charge in [-0.25, -0.2) is 4.39 Å². The molecule has 4 heteroatoms. The van der Waals surface area contributed by atoms with Crippen LogP contribution in [0.2, 0.25) is 0 Å². The van der Waals surface area contributed by atoms with Gasteiger partial charge in [-0.3, -0.25) is 4.79 Å². The van der Waals surface area contributed by atoms with E-state index in [1.165, 1.54) is 6.07 Å². The number of carbonyl (C=O) groups excluding carboxylic acids is 1. The molecule has 0 aliphatic rings. The minimum absolute atomic E-state index is 0.00751. The SMILES string of the molecule is Cc1ccc(C)c(NC(=O)/C(C#N)=C/c2ccccc2Cc2ccccc2F)c1. The Balaban J connectivity index is 1.89. The molecule has 0 bridgehead atoms. The van der Waals surface area contributed by atoms with Crippen LogP contribution in [-0.2, 0) is 11.2 Å². The molecule has 0 atom stereocenters. The number of carbonyl (C=O) groups is 1. The van der Waals surface area contributed by atoms with E-state index < -0.39 is 5.91 Å². The van der Waals surface area contributed by atoms with E-state index in [1.54, 1.807) is 24.3 Å². The van der Waals surface area contributed by atoms with E-state index in [0.29, 0.717) is 23.2 Å². The summed E-state index contributed by atoms with van der Waals surface area (Å²) in [6.45, 7) is 3.84. The Morgan fingerprint density at radius 1 is 1.03 bits per heavy atom. The molecule has 0 spiro atoms. The predicted molar refractivity (Wildman–Crippen MR) is 114 cm³/mol. The Hall–Kier alpha value is -3.71. The van der Waals surface area contributed by atoms with Gasteiger partial charge < -0.3 is 5.32 Å². The van der Waals surface area contributed by atoms with Crippen molar-refractivity contribution in [2.75, 3.05) is 5.32 Å². The molecule has 3 aromatic carbocycles. The molecule has 3 rings (SSSR count). The number of nitriles is 1. The average molecular weight is 384 g/mol. The van der Waals surface area contributed by atoms with Gasteiger partial charge in [-0.1, -0.05) is 54.6 Å². The van der Waals surface area contributed by atoms with Gasteiger partial charge in [0.05, 0.1) is 0 Å². The summed E-state index contributed by atoms with van der Waals surface area (Å²) in [7, 11) is 0. The molecule has 3 aromatic rings. The third kappa shape index (κ3) is 4.97. The number of nitrogens with zero attached hydrogens (tertiary/aromatic N) is 1. The van der Waals surface area contributed by atoms with E-state index in [-0.39, 0.29) is 11.4 Å². The van der Waals surface area contributed by atoms with Crippen LogP contribution in [0.15, 0.2) is 72.3 Å². The second kappa shape index (κ2) is 8.99. The summed E-state index contributed by atoms with van der Waals surface area (Å²) < 4.78 is 14.0. The largest absolute Gasteiger partial charge is 0.321 e. The van der Waals surface area contributed by atoms with E-state index in [1.807, 2.05) is 62.4 Å². The van der Waals surface area contributed by atoms with Crippen molar-refractivity contribution in [3.63, 3.8) is 0 Å². The molecular formula is C25H21FN2O. The summed E-state index contributed by atoms with van der Waals surface area (Å²) in [6.07, 6.45) is 1.92. The fraction of sp³-hybridized carbons (Fsp3) is 0.120. The highest BCUT2D eigenvalue weighted by atomic mass is 19.1. The van der Waals surface area contributed by atoms with Crippen molar-refractivity contribution in [3.05, 3.63) is 106 Å². The molecule has 0 saturated heterocycles. The maximum absolute atomic E-state index is 14.0. The van der Waals surface area contributed by atoms with Crippen LogP contribution in [0.25, 0.3) is 6.08 Å². The van der Waals surface area contributed by atoms with Gasteiger partial charge in [0.15, 0.2) is 0 Å². The van der Waals surface area contributed by atoms with Crippen molar-refractivity contribution >= 4 is 17.7 Å². The molecule has 0 unspecified atom stereocenters. The highest BCUT2D eigenvalue weighted by Gasteiger charge is 2.13. The number of aryl methyl sites for hydroxylation is 2. The number of nitrogens with one attached hydrogen (secondary N) is 1.